The summed E-state index contributed by atoms with van der Waals surface area (Å²) >= 11 is 0. The fourth-order valence-electron chi connectivity index (χ4n) is 1.99. The lowest BCUT2D eigenvalue weighted by molar-refractivity contribution is 0.472. The van der Waals surface area contributed by atoms with Crippen molar-refractivity contribution in [1.29, 1.82) is 0 Å². The molecule has 0 bridgehead atoms. The molecular weight excluding hydrogens is 266 g/mol. The fourth-order valence-corrected chi connectivity index (χ4v) is 1.99. The maximum absolute atomic E-state index is 9.20. The maximum Gasteiger partial charge on any atom is 0.137 e. The second-order valence-electron chi connectivity index (χ2n) is 4.65. The summed E-state index contributed by atoms with van der Waals surface area (Å²) in [5, 5.41) is 16.6. The van der Waals surface area contributed by atoms with Crippen molar-refractivity contribution in [2.24, 2.45) is 0 Å². The topological polar surface area (TPSA) is 75.9 Å². The summed E-state index contributed by atoms with van der Waals surface area (Å²) in [4.78, 5) is 8.07. The Bertz CT molecular complexity index is 694. The Morgan fingerprint density at radius 1 is 1.19 bits per heavy atom. The van der Waals surface area contributed by atoms with E-state index in [0.717, 1.165) is 16.9 Å². The van der Waals surface area contributed by atoms with Crippen molar-refractivity contribution >= 4 is 5.69 Å². The number of aromatic nitrogens is 4. The van der Waals surface area contributed by atoms with Gasteiger partial charge in [0.25, 0.3) is 0 Å². The van der Waals surface area contributed by atoms with Crippen molar-refractivity contribution in [2.45, 2.75) is 13.1 Å². The van der Waals surface area contributed by atoms with Gasteiger partial charge in [-0.2, -0.15) is 5.10 Å². The Hall–Kier alpha value is -2.89. The molecular formula is C15H15N5O. The fraction of sp³-hybridized carbons (Fsp3) is 0.133. The summed E-state index contributed by atoms with van der Waals surface area (Å²) in [5.41, 5.74) is 3.03. The van der Waals surface area contributed by atoms with E-state index in [1.807, 2.05) is 18.2 Å². The van der Waals surface area contributed by atoms with Gasteiger partial charge in [0.15, 0.2) is 0 Å². The molecule has 106 valence electrons. The molecule has 0 amide bonds. The molecule has 2 heterocycles. The molecule has 21 heavy (non-hydrogen) atoms. The van der Waals surface area contributed by atoms with Gasteiger partial charge in [-0.1, -0.05) is 12.1 Å². The highest BCUT2D eigenvalue weighted by molar-refractivity contribution is 5.46. The third-order valence-electron chi connectivity index (χ3n) is 3.02. The van der Waals surface area contributed by atoms with Gasteiger partial charge in [-0.3, -0.25) is 4.98 Å². The van der Waals surface area contributed by atoms with Crippen LogP contribution >= 0.6 is 0 Å². The van der Waals surface area contributed by atoms with Gasteiger partial charge in [0, 0.05) is 5.69 Å². The van der Waals surface area contributed by atoms with Crippen LogP contribution in [0.2, 0.25) is 0 Å². The van der Waals surface area contributed by atoms with Crippen molar-refractivity contribution < 1.29 is 5.11 Å². The molecule has 0 aliphatic carbocycles. The predicted octanol–water partition coefficient (Wildman–Crippen LogP) is 2.04. The van der Waals surface area contributed by atoms with Crippen LogP contribution in [0, 0.1) is 0 Å². The minimum atomic E-state index is 0.175. The largest absolute Gasteiger partial charge is 0.506 e. The summed E-state index contributed by atoms with van der Waals surface area (Å²) in [6.45, 7) is 1.29. The molecule has 0 saturated heterocycles. The highest BCUT2D eigenvalue weighted by atomic mass is 16.3. The van der Waals surface area contributed by atoms with Gasteiger partial charge in [-0.05, 0) is 29.8 Å². The second kappa shape index (κ2) is 6.04. The van der Waals surface area contributed by atoms with E-state index in [4.69, 9.17) is 0 Å². The smallest absolute Gasteiger partial charge is 0.137 e. The van der Waals surface area contributed by atoms with E-state index in [9.17, 15) is 5.11 Å². The Balaban J connectivity index is 1.64. The number of anilines is 1. The van der Waals surface area contributed by atoms with Crippen LogP contribution in [-0.4, -0.2) is 24.9 Å². The first-order valence-electron chi connectivity index (χ1n) is 6.59. The SMILES string of the molecule is Oc1ccc(CNc2cccc(Cn3cncn3)c2)nc1. The number of benzene rings is 1. The average Bonchev–Trinajstić information content (AvgIpc) is 3.00. The molecule has 0 atom stereocenters. The highest BCUT2D eigenvalue weighted by Gasteiger charge is 1.99. The molecule has 2 aromatic heterocycles. The third-order valence-corrected chi connectivity index (χ3v) is 3.02. The van der Waals surface area contributed by atoms with Crippen LogP contribution in [-0.2, 0) is 13.1 Å². The van der Waals surface area contributed by atoms with E-state index < -0.39 is 0 Å². The van der Waals surface area contributed by atoms with Crippen LogP contribution in [0.4, 0.5) is 5.69 Å². The molecule has 0 aliphatic heterocycles. The molecule has 0 saturated carbocycles. The van der Waals surface area contributed by atoms with Gasteiger partial charge in [-0.15, -0.1) is 0 Å². The number of nitrogens with one attached hydrogen (secondary N) is 1. The molecule has 3 aromatic rings. The van der Waals surface area contributed by atoms with Crippen molar-refractivity contribution in [3.8, 4) is 5.75 Å². The molecule has 0 spiro atoms. The minimum absolute atomic E-state index is 0.175. The average molecular weight is 281 g/mol. The Morgan fingerprint density at radius 3 is 2.90 bits per heavy atom. The van der Waals surface area contributed by atoms with Crippen molar-refractivity contribution in [3.05, 3.63) is 66.5 Å². The van der Waals surface area contributed by atoms with E-state index in [0.29, 0.717) is 13.1 Å². The van der Waals surface area contributed by atoms with E-state index in [2.05, 4.69) is 26.4 Å². The van der Waals surface area contributed by atoms with Crippen LogP contribution < -0.4 is 5.32 Å². The molecule has 1 aromatic carbocycles. The molecule has 0 radical (unpaired) electrons. The zero-order valence-electron chi connectivity index (χ0n) is 11.3. The first kappa shape index (κ1) is 13.1. The van der Waals surface area contributed by atoms with Crippen LogP contribution in [0.3, 0.4) is 0 Å². The molecule has 0 fully saturated rings. The minimum Gasteiger partial charge on any atom is -0.506 e. The van der Waals surface area contributed by atoms with Crippen molar-refractivity contribution in [2.75, 3.05) is 5.32 Å². The number of hydrogen-bond donors (Lipinski definition) is 2. The number of rotatable bonds is 5. The summed E-state index contributed by atoms with van der Waals surface area (Å²) < 4.78 is 1.78. The lowest BCUT2D eigenvalue weighted by Gasteiger charge is -2.08. The summed E-state index contributed by atoms with van der Waals surface area (Å²) in [7, 11) is 0. The van der Waals surface area contributed by atoms with Gasteiger partial charge < -0.3 is 10.4 Å². The Morgan fingerprint density at radius 2 is 2.14 bits per heavy atom. The normalized spacial score (nSPS) is 10.5. The zero-order valence-corrected chi connectivity index (χ0v) is 11.3. The number of pyridine rings is 1. The van der Waals surface area contributed by atoms with Gasteiger partial charge in [0.2, 0.25) is 0 Å². The number of aromatic hydroxyl groups is 1. The van der Waals surface area contributed by atoms with E-state index >= 15 is 0 Å². The quantitative estimate of drug-likeness (QED) is 0.748. The van der Waals surface area contributed by atoms with Gasteiger partial charge in [0.05, 0.1) is 25.0 Å². The van der Waals surface area contributed by atoms with Crippen LogP contribution in [0.1, 0.15) is 11.3 Å². The van der Waals surface area contributed by atoms with Crippen LogP contribution in [0.15, 0.2) is 55.2 Å². The zero-order chi connectivity index (χ0) is 14.5. The molecule has 6 nitrogen and oxygen atoms in total. The molecule has 0 aliphatic rings. The molecule has 0 unspecified atom stereocenters. The second-order valence-corrected chi connectivity index (χ2v) is 4.65. The summed E-state index contributed by atoms with van der Waals surface area (Å²) in [6.07, 6.45) is 4.66. The maximum atomic E-state index is 9.20. The van der Waals surface area contributed by atoms with Crippen LogP contribution in [0.5, 0.6) is 5.75 Å². The van der Waals surface area contributed by atoms with E-state index in [1.165, 1.54) is 12.5 Å². The molecule has 3 rings (SSSR count). The van der Waals surface area contributed by atoms with Gasteiger partial charge in [-0.25, -0.2) is 9.67 Å². The lowest BCUT2D eigenvalue weighted by atomic mass is 10.2. The number of nitrogens with zero attached hydrogens (tertiary/aromatic N) is 4. The van der Waals surface area contributed by atoms with Gasteiger partial charge in [0.1, 0.15) is 18.4 Å². The molecule has 6 heteroatoms. The first-order valence-corrected chi connectivity index (χ1v) is 6.59. The van der Waals surface area contributed by atoms with E-state index in [1.54, 1.807) is 23.1 Å². The monoisotopic (exact) mass is 281 g/mol. The predicted molar refractivity (Wildman–Crippen MR) is 78.8 cm³/mol. The van der Waals surface area contributed by atoms with Crippen molar-refractivity contribution in [3.63, 3.8) is 0 Å². The summed E-state index contributed by atoms with van der Waals surface area (Å²) in [5.74, 6) is 0.175. The standard InChI is InChI=1S/C15H15N5O/c21-15-5-4-14(18-8-15)7-17-13-3-1-2-12(6-13)9-20-11-16-10-19-20/h1-6,8,10-11,17,21H,7,9H2. The number of hydrogen-bond acceptors (Lipinski definition) is 5. The van der Waals surface area contributed by atoms with Crippen molar-refractivity contribution in [1.82, 2.24) is 19.7 Å². The van der Waals surface area contributed by atoms with Gasteiger partial charge >= 0.3 is 0 Å². The lowest BCUT2D eigenvalue weighted by Crippen LogP contribution is -2.03. The Kier molecular flexibility index (Phi) is 3.77. The highest BCUT2D eigenvalue weighted by Crippen LogP contribution is 2.13. The Labute approximate surface area is 122 Å². The third kappa shape index (κ3) is 3.56. The summed E-state index contributed by atoms with van der Waals surface area (Å²) in [6, 6.07) is 11.5. The van der Waals surface area contributed by atoms with Crippen LogP contribution in [0.25, 0.3) is 0 Å². The molecule has 2 N–H and O–H groups in total. The van der Waals surface area contributed by atoms with E-state index in [-0.39, 0.29) is 5.75 Å². The first-order chi connectivity index (χ1) is 10.3.